The molecule has 7 aliphatic rings. The molecule has 4 bridgehead atoms. The first kappa shape index (κ1) is 46.5. The summed E-state index contributed by atoms with van der Waals surface area (Å²) in [5, 5.41) is 0. The first-order valence-corrected chi connectivity index (χ1v) is 24.5. The molecule has 58 heavy (non-hydrogen) atoms. The predicted molar refractivity (Wildman–Crippen MR) is 231 cm³/mol. The maximum atomic E-state index is 13.3. The van der Waals surface area contributed by atoms with Gasteiger partial charge in [0, 0.05) is 80.2 Å². The summed E-state index contributed by atoms with van der Waals surface area (Å²) in [6, 6.07) is 0. The van der Waals surface area contributed by atoms with Crippen LogP contribution in [0.5, 0.6) is 0 Å². The summed E-state index contributed by atoms with van der Waals surface area (Å²) in [6.45, 7) is 20.6. The van der Waals surface area contributed by atoms with Gasteiger partial charge in [-0.3, -0.25) is 0 Å². The second-order valence-electron chi connectivity index (χ2n) is 21.1. The normalized spacial score (nSPS) is 31.0. The van der Waals surface area contributed by atoms with Gasteiger partial charge in [-0.2, -0.15) is 0 Å². The lowest BCUT2D eigenvalue weighted by Crippen LogP contribution is -2.74. The Morgan fingerprint density at radius 3 is 0.983 bits per heavy atom. The van der Waals surface area contributed by atoms with E-state index in [1.165, 1.54) is 116 Å². The van der Waals surface area contributed by atoms with E-state index in [-0.39, 0.29) is 5.97 Å². The second-order valence-corrected chi connectivity index (χ2v) is 21.1. The van der Waals surface area contributed by atoms with Gasteiger partial charge in [-0.15, -0.1) is 0 Å². The lowest BCUT2D eigenvalue weighted by atomic mass is 9.48. The summed E-state index contributed by atoms with van der Waals surface area (Å²) in [4.78, 5) is 13.3. The number of hydrogen-bond donors (Lipinski definition) is 0. The van der Waals surface area contributed by atoms with Crippen molar-refractivity contribution < 1.29 is 38.0 Å². The zero-order valence-corrected chi connectivity index (χ0v) is 37.9. The van der Waals surface area contributed by atoms with E-state index in [1.54, 1.807) is 6.92 Å². The topological polar surface area (TPSA) is 81.7 Å². The number of rotatable bonds is 32. The standard InChI is InChI=1S/C50H86O8/c1-6-44(36-52-37-44)24-18-12-9-15-21-27-55-47-30-48(56-28-22-16-10-13-19-25-45(7-2)38-53-39-45)32-49(31-47,35-50(33-47,34-48)58-43(51)42(4)5)57-29-23-17-11-14-20-26-46(8-3)40-54-41-46/h4,6-41H2,1-3,5H3. The van der Waals surface area contributed by atoms with Crippen LogP contribution in [0.2, 0.25) is 0 Å². The molecule has 0 aromatic carbocycles. The zero-order valence-electron chi connectivity index (χ0n) is 37.9. The Morgan fingerprint density at radius 1 is 0.448 bits per heavy atom. The lowest BCUT2D eigenvalue weighted by Gasteiger charge is -2.68. The first-order valence-electron chi connectivity index (χ1n) is 24.5. The van der Waals surface area contributed by atoms with Gasteiger partial charge < -0.3 is 33.2 Å². The van der Waals surface area contributed by atoms with E-state index in [0.717, 1.165) is 117 Å². The molecule has 8 nitrogen and oxygen atoms in total. The number of carbonyl (C=O) groups excluding carboxylic acids is 1. The third kappa shape index (κ3) is 11.9. The Balaban J connectivity index is 1.03. The molecule has 8 heteroatoms. The minimum Gasteiger partial charge on any atom is -0.455 e. The van der Waals surface area contributed by atoms with Gasteiger partial charge in [0.1, 0.15) is 5.60 Å². The maximum absolute atomic E-state index is 13.3. The van der Waals surface area contributed by atoms with Crippen LogP contribution in [0.3, 0.4) is 0 Å². The molecule has 3 saturated heterocycles. The molecule has 3 heterocycles. The Hall–Kier alpha value is -1.03. The molecule has 3 aliphatic heterocycles. The van der Waals surface area contributed by atoms with Crippen molar-refractivity contribution in [2.45, 2.75) is 223 Å². The predicted octanol–water partition coefficient (Wildman–Crippen LogP) is 11.8. The lowest BCUT2D eigenvalue weighted by molar-refractivity contribution is -0.327. The molecule has 0 amide bonds. The van der Waals surface area contributed by atoms with E-state index in [1.807, 2.05) is 0 Å². The van der Waals surface area contributed by atoms with Crippen LogP contribution in [0.4, 0.5) is 0 Å². The molecule has 0 atom stereocenters. The van der Waals surface area contributed by atoms with Crippen molar-refractivity contribution in [3.05, 3.63) is 12.2 Å². The SMILES string of the molecule is C=C(C)C(=O)OC12CC3(OCCCCCCCC4(CC)COC4)CC(OCCCCCCCC4(CC)COC4)(CC(OCCCCCCCC4(CC)COC4)(C3)C1)C2. The molecule has 0 aromatic rings. The quantitative estimate of drug-likeness (QED) is 0.0377. The molecule has 0 aromatic heterocycles. The Bertz CT molecular complexity index is 1130. The van der Waals surface area contributed by atoms with Crippen LogP contribution in [-0.4, -0.2) is 87.8 Å². The highest BCUT2D eigenvalue weighted by Crippen LogP contribution is 2.65. The van der Waals surface area contributed by atoms with E-state index in [0.29, 0.717) is 21.8 Å². The molecule has 4 saturated carbocycles. The smallest absolute Gasteiger partial charge is 0.333 e. The Labute approximate surface area is 354 Å². The molecule has 0 N–H and O–H groups in total. The monoisotopic (exact) mass is 815 g/mol. The molecule has 0 unspecified atom stereocenters. The number of hydrogen-bond acceptors (Lipinski definition) is 8. The van der Waals surface area contributed by atoms with Crippen molar-refractivity contribution in [2.24, 2.45) is 16.2 Å². The van der Waals surface area contributed by atoms with Gasteiger partial charge in [-0.25, -0.2) is 4.79 Å². The van der Waals surface area contributed by atoms with Crippen LogP contribution in [-0.2, 0) is 38.0 Å². The van der Waals surface area contributed by atoms with Crippen LogP contribution < -0.4 is 0 Å². The summed E-state index contributed by atoms with van der Waals surface area (Å²) in [7, 11) is 0. The fourth-order valence-electron chi connectivity index (χ4n) is 12.1. The summed E-state index contributed by atoms with van der Waals surface area (Å²) >= 11 is 0. The van der Waals surface area contributed by atoms with E-state index < -0.39 is 22.4 Å². The molecule has 0 spiro atoms. The van der Waals surface area contributed by atoms with E-state index in [9.17, 15) is 4.79 Å². The number of esters is 1. The van der Waals surface area contributed by atoms with Crippen LogP contribution in [0.1, 0.15) is 201 Å². The molecular weight excluding hydrogens is 729 g/mol. The van der Waals surface area contributed by atoms with Crippen LogP contribution in [0, 0.1) is 16.2 Å². The van der Waals surface area contributed by atoms with Crippen molar-refractivity contribution in [2.75, 3.05) is 59.5 Å². The average Bonchev–Trinajstić information content (AvgIpc) is 3.13. The Kier molecular flexibility index (Phi) is 16.7. The van der Waals surface area contributed by atoms with Gasteiger partial charge in [0.2, 0.25) is 0 Å². The van der Waals surface area contributed by atoms with Gasteiger partial charge in [-0.1, -0.05) is 104 Å². The number of unbranched alkanes of at least 4 members (excludes halogenated alkanes) is 12. The molecular formula is C50H86O8. The third-order valence-corrected chi connectivity index (χ3v) is 16.0. The third-order valence-electron chi connectivity index (χ3n) is 16.0. The minimum absolute atomic E-state index is 0.294. The van der Waals surface area contributed by atoms with Crippen molar-refractivity contribution >= 4 is 5.97 Å². The molecule has 7 fully saturated rings. The van der Waals surface area contributed by atoms with Crippen molar-refractivity contribution in [3.8, 4) is 0 Å². The highest BCUT2D eigenvalue weighted by molar-refractivity contribution is 5.87. The number of carbonyl (C=O) groups is 1. The van der Waals surface area contributed by atoms with Gasteiger partial charge >= 0.3 is 5.97 Å². The fraction of sp³-hybridized carbons (Fsp3) is 0.940. The summed E-state index contributed by atoms with van der Waals surface area (Å²) in [5.41, 5.74) is -0.0910. The van der Waals surface area contributed by atoms with Crippen LogP contribution >= 0.6 is 0 Å². The first-order chi connectivity index (χ1) is 28.0. The Morgan fingerprint density at radius 2 is 0.724 bits per heavy atom. The highest BCUT2D eigenvalue weighted by atomic mass is 16.6. The van der Waals surface area contributed by atoms with E-state index in [2.05, 4.69) is 27.4 Å². The summed E-state index contributed by atoms with van der Waals surface area (Å²) < 4.78 is 44.5. The second kappa shape index (κ2) is 20.9. The summed E-state index contributed by atoms with van der Waals surface area (Å²) in [6.07, 6.45) is 30.6. The van der Waals surface area contributed by atoms with Crippen LogP contribution in [0.25, 0.3) is 0 Å². The molecule has 0 radical (unpaired) electrons. The van der Waals surface area contributed by atoms with Gasteiger partial charge in [-0.05, 0) is 64.7 Å². The van der Waals surface area contributed by atoms with E-state index in [4.69, 9.17) is 33.2 Å². The largest absolute Gasteiger partial charge is 0.455 e. The van der Waals surface area contributed by atoms with Gasteiger partial charge in [0.15, 0.2) is 0 Å². The van der Waals surface area contributed by atoms with Crippen LogP contribution in [0.15, 0.2) is 12.2 Å². The molecule has 4 aliphatic carbocycles. The van der Waals surface area contributed by atoms with Crippen molar-refractivity contribution in [3.63, 3.8) is 0 Å². The van der Waals surface area contributed by atoms with E-state index >= 15 is 0 Å². The summed E-state index contributed by atoms with van der Waals surface area (Å²) in [5.74, 6) is -0.294. The maximum Gasteiger partial charge on any atom is 0.333 e. The average molecular weight is 815 g/mol. The fourth-order valence-corrected chi connectivity index (χ4v) is 12.1. The van der Waals surface area contributed by atoms with Gasteiger partial charge in [0.25, 0.3) is 0 Å². The van der Waals surface area contributed by atoms with Crippen molar-refractivity contribution in [1.29, 1.82) is 0 Å². The zero-order chi connectivity index (χ0) is 41.1. The number of ether oxygens (including phenoxy) is 7. The minimum atomic E-state index is -0.661. The molecule has 7 rings (SSSR count). The van der Waals surface area contributed by atoms with Crippen molar-refractivity contribution in [1.82, 2.24) is 0 Å². The highest BCUT2D eigenvalue weighted by Gasteiger charge is 2.72. The molecule has 334 valence electrons. The van der Waals surface area contributed by atoms with Gasteiger partial charge in [0.05, 0.1) is 56.4 Å².